The van der Waals surface area contributed by atoms with Gasteiger partial charge in [0.05, 0.1) is 13.2 Å². The summed E-state index contributed by atoms with van der Waals surface area (Å²) in [6.07, 6.45) is -1.74. The lowest BCUT2D eigenvalue weighted by atomic mass is 10.2. The molecule has 1 amide bonds. The second-order valence-corrected chi connectivity index (χ2v) is 7.45. The molecule has 0 radical (unpaired) electrons. The van der Waals surface area contributed by atoms with E-state index in [2.05, 4.69) is 5.32 Å². The third kappa shape index (κ3) is 7.45. The van der Waals surface area contributed by atoms with E-state index in [1.54, 1.807) is 58.9 Å². The molecule has 0 fully saturated rings. The van der Waals surface area contributed by atoms with E-state index in [4.69, 9.17) is 18.3 Å². The number of phosphoric ester groups is 1. The fourth-order valence-electron chi connectivity index (χ4n) is 1.76. The van der Waals surface area contributed by atoms with Gasteiger partial charge in [0.1, 0.15) is 5.60 Å². The van der Waals surface area contributed by atoms with Crippen LogP contribution in [0.2, 0.25) is 0 Å². The Morgan fingerprint density at radius 1 is 1.12 bits per heavy atom. The Bertz CT molecular complexity index is 547. The van der Waals surface area contributed by atoms with Gasteiger partial charge in [-0.2, -0.15) is 0 Å². The van der Waals surface area contributed by atoms with E-state index in [0.29, 0.717) is 5.56 Å². The molecule has 0 spiro atoms. The van der Waals surface area contributed by atoms with Crippen molar-refractivity contribution >= 4 is 13.9 Å². The van der Waals surface area contributed by atoms with E-state index in [9.17, 15) is 9.36 Å². The second kappa shape index (κ2) is 9.18. The normalized spacial score (nSPS) is 13.4. The summed E-state index contributed by atoms with van der Waals surface area (Å²) in [7, 11) is -3.82. The maximum absolute atomic E-state index is 12.6. The average Bonchev–Trinajstić information content (AvgIpc) is 2.46. The van der Waals surface area contributed by atoms with Gasteiger partial charge < -0.3 is 4.74 Å². The smallest absolute Gasteiger partial charge is 0.444 e. The van der Waals surface area contributed by atoms with Gasteiger partial charge in [-0.15, -0.1) is 0 Å². The Labute approximate surface area is 143 Å². The molecule has 0 saturated heterocycles. The minimum Gasteiger partial charge on any atom is -0.444 e. The number of phosphoric acid groups is 1. The van der Waals surface area contributed by atoms with E-state index in [1.807, 2.05) is 6.07 Å². The minimum atomic E-state index is -3.82. The van der Waals surface area contributed by atoms with E-state index in [1.165, 1.54) is 0 Å². The third-order valence-corrected chi connectivity index (χ3v) is 4.18. The van der Waals surface area contributed by atoms with Crippen LogP contribution in [0.4, 0.5) is 4.79 Å². The number of hydrogen-bond donors (Lipinski definition) is 1. The lowest BCUT2D eigenvalue weighted by molar-refractivity contribution is 0.0284. The molecule has 0 aliphatic carbocycles. The van der Waals surface area contributed by atoms with Gasteiger partial charge in [-0.1, -0.05) is 30.3 Å². The van der Waals surface area contributed by atoms with Crippen LogP contribution in [-0.4, -0.2) is 24.9 Å². The molecule has 1 aromatic carbocycles. The van der Waals surface area contributed by atoms with Gasteiger partial charge in [-0.3, -0.25) is 18.9 Å². The van der Waals surface area contributed by atoms with Crippen LogP contribution in [0.3, 0.4) is 0 Å². The number of carbonyl (C=O) groups excluding carboxylic acids is 1. The van der Waals surface area contributed by atoms with Crippen LogP contribution < -0.4 is 5.32 Å². The molecular formula is C16H26NO6P. The summed E-state index contributed by atoms with van der Waals surface area (Å²) in [4.78, 5) is 12.1. The fourth-order valence-corrected chi connectivity index (χ4v) is 3.02. The van der Waals surface area contributed by atoms with E-state index < -0.39 is 25.7 Å². The van der Waals surface area contributed by atoms with Gasteiger partial charge in [0.15, 0.2) is 6.23 Å². The molecule has 0 heterocycles. The van der Waals surface area contributed by atoms with Crippen molar-refractivity contribution in [3.8, 4) is 0 Å². The van der Waals surface area contributed by atoms with Crippen molar-refractivity contribution in [2.75, 3.05) is 13.2 Å². The first-order chi connectivity index (χ1) is 11.2. The van der Waals surface area contributed by atoms with Gasteiger partial charge in [-0.25, -0.2) is 9.36 Å². The van der Waals surface area contributed by atoms with Crippen LogP contribution in [0, 0.1) is 0 Å². The highest BCUT2D eigenvalue weighted by Crippen LogP contribution is 2.52. The number of hydrogen-bond acceptors (Lipinski definition) is 6. The molecular weight excluding hydrogens is 333 g/mol. The van der Waals surface area contributed by atoms with Gasteiger partial charge >= 0.3 is 13.9 Å². The number of ether oxygens (including phenoxy) is 1. The van der Waals surface area contributed by atoms with Gasteiger partial charge in [0.25, 0.3) is 0 Å². The van der Waals surface area contributed by atoms with Crippen molar-refractivity contribution in [1.82, 2.24) is 5.32 Å². The van der Waals surface area contributed by atoms with Crippen molar-refractivity contribution < 1.29 is 27.7 Å². The highest BCUT2D eigenvalue weighted by atomic mass is 31.2. The van der Waals surface area contributed by atoms with Gasteiger partial charge in [0, 0.05) is 5.56 Å². The first-order valence-corrected chi connectivity index (χ1v) is 9.27. The summed E-state index contributed by atoms with van der Waals surface area (Å²) < 4.78 is 33.6. The number of amides is 1. The molecule has 1 aromatic rings. The zero-order chi connectivity index (χ0) is 18.2. The molecule has 24 heavy (non-hydrogen) atoms. The molecule has 7 nitrogen and oxygen atoms in total. The lowest BCUT2D eigenvalue weighted by Crippen LogP contribution is -2.35. The molecule has 0 aliphatic heterocycles. The molecule has 0 aromatic heterocycles. The van der Waals surface area contributed by atoms with Gasteiger partial charge in [-0.05, 0) is 34.6 Å². The van der Waals surface area contributed by atoms with E-state index in [0.717, 1.165) is 0 Å². The summed E-state index contributed by atoms with van der Waals surface area (Å²) in [5.74, 6) is 0. The summed E-state index contributed by atoms with van der Waals surface area (Å²) in [5, 5.41) is 2.55. The number of alkyl carbamates (subject to hydrolysis) is 1. The van der Waals surface area contributed by atoms with Crippen molar-refractivity contribution in [3.05, 3.63) is 35.9 Å². The number of nitrogens with one attached hydrogen (secondary N) is 1. The summed E-state index contributed by atoms with van der Waals surface area (Å²) >= 11 is 0. The molecule has 0 bridgehead atoms. The van der Waals surface area contributed by atoms with Crippen molar-refractivity contribution in [2.24, 2.45) is 0 Å². The van der Waals surface area contributed by atoms with Crippen LogP contribution in [0.5, 0.6) is 0 Å². The third-order valence-electron chi connectivity index (χ3n) is 2.56. The quantitative estimate of drug-likeness (QED) is 0.547. The monoisotopic (exact) mass is 359 g/mol. The van der Waals surface area contributed by atoms with Crippen molar-refractivity contribution in [1.29, 1.82) is 0 Å². The lowest BCUT2D eigenvalue weighted by Gasteiger charge is -2.26. The van der Waals surface area contributed by atoms with Crippen LogP contribution in [0.25, 0.3) is 0 Å². The fraction of sp³-hybridized carbons (Fsp3) is 0.562. The van der Waals surface area contributed by atoms with Crippen LogP contribution >= 0.6 is 7.82 Å². The molecule has 1 unspecified atom stereocenters. The molecule has 1 atom stereocenters. The van der Waals surface area contributed by atoms with Crippen molar-refractivity contribution in [3.63, 3.8) is 0 Å². The second-order valence-electron chi connectivity index (χ2n) is 5.83. The largest absolute Gasteiger partial charge is 0.476 e. The topological polar surface area (TPSA) is 83.1 Å². The highest BCUT2D eigenvalue weighted by molar-refractivity contribution is 7.48. The first kappa shape index (κ1) is 20.6. The number of rotatable bonds is 8. The molecule has 136 valence electrons. The van der Waals surface area contributed by atoms with Crippen molar-refractivity contribution in [2.45, 2.75) is 46.4 Å². The Balaban J connectivity index is 2.97. The molecule has 1 N–H and O–H groups in total. The standard InChI is InChI=1S/C16H26NO6P/c1-6-20-24(19,21-7-2)23-14(13-11-9-8-10-12-13)17-15(18)22-16(3,4)5/h8-12,14H,6-7H2,1-5H3,(H,17,18). The number of benzene rings is 1. The van der Waals surface area contributed by atoms with E-state index >= 15 is 0 Å². The zero-order valence-corrected chi connectivity index (χ0v) is 15.7. The van der Waals surface area contributed by atoms with Crippen LogP contribution in [0.1, 0.15) is 46.4 Å². The molecule has 0 aliphatic rings. The molecule has 0 saturated carbocycles. The molecule has 8 heteroatoms. The number of carbonyl (C=O) groups is 1. The predicted molar refractivity (Wildman–Crippen MR) is 90.5 cm³/mol. The Morgan fingerprint density at radius 3 is 2.12 bits per heavy atom. The van der Waals surface area contributed by atoms with Crippen LogP contribution in [0.15, 0.2) is 30.3 Å². The summed E-state index contributed by atoms with van der Waals surface area (Å²) in [5.41, 5.74) is -0.0857. The molecule has 1 rings (SSSR count). The maximum atomic E-state index is 12.6. The first-order valence-electron chi connectivity index (χ1n) is 7.81. The minimum absolute atomic E-state index is 0.144. The Morgan fingerprint density at radius 2 is 1.67 bits per heavy atom. The Kier molecular flexibility index (Phi) is 7.90. The SMILES string of the molecule is CCOP(=O)(OCC)OC(NC(=O)OC(C)(C)C)c1ccccc1. The average molecular weight is 359 g/mol. The van der Waals surface area contributed by atoms with Gasteiger partial charge in [0.2, 0.25) is 0 Å². The summed E-state index contributed by atoms with van der Waals surface area (Å²) in [6, 6.07) is 8.82. The summed E-state index contributed by atoms with van der Waals surface area (Å²) in [6.45, 7) is 8.88. The predicted octanol–water partition coefficient (Wildman–Crippen LogP) is 4.41. The van der Waals surface area contributed by atoms with E-state index in [-0.39, 0.29) is 13.2 Å². The van der Waals surface area contributed by atoms with Crippen LogP contribution in [-0.2, 0) is 22.9 Å². The zero-order valence-electron chi connectivity index (χ0n) is 14.8. The highest BCUT2D eigenvalue weighted by Gasteiger charge is 2.32. The Hall–Kier alpha value is -1.40. The maximum Gasteiger partial charge on any atom is 0.476 e.